The van der Waals surface area contributed by atoms with Gasteiger partial charge in [0.1, 0.15) is 12.1 Å². The van der Waals surface area contributed by atoms with Crippen molar-refractivity contribution in [1.82, 2.24) is 5.32 Å². The zero-order chi connectivity index (χ0) is 11.6. The zero-order valence-electron chi connectivity index (χ0n) is 9.19. The van der Waals surface area contributed by atoms with E-state index in [2.05, 4.69) is 5.32 Å². The molecule has 0 saturated carbocycles. The summed E-state index contributed by atoms with van der Waals surface area (Å²) >= 11 is 0. The third kappa shape index (κ3) is 2.92. The Morgan fingerprint density at radius 1 is 1.47 bits per heavy atom. The van der Waals surface area contributed by atoms with Gasteiger partial charge in [0.05, 0.1) is 6.10 Å². The molecule has 0 aromatic rings. The molecule has 4 atom stereocenters. The summed E-state index contributed by atoms with van der Waals surface area (Å²) in [4.78, 5) is 22.2. The highest BCUT2D eigenvalue weighted by Gasteiger charge is 2.35. The molecule has 1 aliphatic rings. The molecule has 0 bridgehead atoms. The lowest BCUT2D eigenvalue weighted by molar-refractivity contribution is -0.144. The molecule has 1 amide bonds. The Kier molecular flexibility index (Phi) is 3.68. The van der Waals surface area contributed by atoms with Crippen LogP contribution in [0.3, 0.4) is 0 Å². The van der Waals surface area contributed by atoms with Gasteiger partial charge in [-0.15, -0.1) is 0 Å². The van der Waals surface area contributed by atoms with Gasteiger partial charge < -0.3 is 15.2 Å². The maximum Gasteiger partial charge on any atom is 0.325 e. The molecule has 1 rings (SSSR count). The summed E-state index contributed by atoms with van der Waals surface area (Å²) in [6.45, 7) is 5.27. The average Bonchev–Trinajstić information content (AvgIpc) is 2.44. The van der Waals surface area contributed by atoms with Crippen molar-refractivity contribution in [1.29, 1.82) is 0 Å². The number of carboxylic acid groups (broad SMARTS) is 1. The van der Waals surface area contributed by atoms with E-state index in [1.807, 2.05) is 13.8 Å². The van der Waals surface area contributed by atoms with E-state index >= 15 is 0 Å². The van der Waals surface area contributed by atoms with E-state index in [0.717, 1.165) is 6.42 Å². The highest BCUT2D eigenvalue weighted by Crippen LogP contribution is 2.25. The molecule has 3 unspecified atom stereocenters. The van der Waals surface area contributed by atoms with E-state index in [-0.39, 0.29) is 17.9 Å². The van der Waals surface area contributed by atoms with Crippen LogP contribution in [-0.2, 0) is 14.3 Å². The highest BCUT2D eigenvalue weighted by atomic mass is 16.5. The van der Waals surface area contributed by atoms with Gasteiger partial charge in [-0.05, 0) is 26.2 Å². The largest absolute Gasteiger partial charge is 0.480 e. The monoisotopic (exact) mass is 215 g/mol. The molecule has 1 saturated heterocycles. The third-order valence-corrected chi connectivity index (χ3v) is 2.59. The van der Waals surface area contributed by atoms with Gasteiger partial charge in [-0.3, -0.25) is 9.59 Å². The third-order valence-electron chi connectivity index (χ3n) is 2.59. The van der Waals surface area contributed by atoms with Crippen molar-refractivity contribution in [2.75, 3.05) is 0 Å². The number of carboxylic acids is 1. The number of hydrogen-bond acceptors (Lipinski definition) is 3. The Labute approximate surface area is 88.8 Å². The fourth-order valence-corrected chi connectivity index (χ4v) is 1.76. The van der Waals surface area contributed by atoms with Gasteiger partial charge in [-0.1, -0.05) is 6.92 Å². The minimum Gasteiger partial charge on any atom is -0.480 e. The van der Waals surface area contributed by atoms with E-state index in [0.29, 0.717) is 0 Å². The lowest BCUT2D eigenvalue weighted by atomic mass is 10.0. The van der Waals surface area contributed by atoms with Crippen molar-refractivity contribution >= 4 is 11.9 Å². The molecule has 1 aliphatic heterocycles. The predicted molar refractivity (Wildman–Crippen MR) is 53.4 cm³/mol. The van der Waals surface area contributed by atoms with Crippen molar-refractivity contribution in [3.8, 4) is 0 Å². The molecule has 0 aromatic heterocycles. The van der Waals surface area contributed by atoms with E-state index in [1.54, 1.807) is 0 Å². The van der Waals surface area contributed by atoms with Crippen molar-refractivity contribution in [2.45, 2.75) is 45.4 Å². The van der Waals surface area contributed by atoms with Gasteiger partial charge in [-0.2, -0.15) is 0 Å². The summed E-state index contributed by atoms with van der Waals surface area (Å²) < 4.78 is 5.41. The second-order valence-electron chi connectivity index (χ2n) is 4.15. The lowest BCUT2D eigenvalue weighted by Crippen LogP contribution is -2.45. The van der Waals surface area contributed by atoms with E-state index < -0.39 is 18.1 Å². The molecule has 2 N–H and O–H groups in total. The molecule has 0 aromatic carbocycles. The summed E-state index contributed by atoms with van der Waals surface area (Å²) in [5, 5.41) is 11.0. The minimum atomic E-state index is -1.04. The first kappa shape index (κ1) is 12.0. The van der Waals surface area contributed by atoms with Gasteiger partial charge in [-0.25, -0.2) is 0 Å². The quantitative estimate of drug-likeness (QED) is 0.714. The fraction of sp³-hybridized carbons (Fsp3) is 0.800. The smallest absolute Gasteiger partial charge is 0.325 e. The zero-order valence-corrected chi connectivity index (χ0v) is 9.19. The molecular formula is C10H17NO4. The second kappa shape index (κ2) is 4.61. The normalized spacial score (nSPS) is 32.3. The maximum atomic E-state index is 11.6. The van der Waals surface area contributed by atoms with Crippen molar-refractivity contribution in [3.05, 3.63) is 0 Å². The highest BCUT2D eigenvalue weighted by molar-refractivity contribution is 5.86. The Balaban J connectivity index is 2.50. The van der Waals surface area contributed by atoms with Crippen LogP contribution in [0.5, 0.6) is 0 Å². The summed E-state index contributed by atoms with van der Waals surface area (Å²) in [7, 11) is 0. The van der Waals surface area contributed by atoms with Gasteiger partial charge in [0.2, 0.25) is 5.91 Å². The van der Waals surface area contributed by atoms with Crippen LogP contribution in [0.25, 0.3) is 0 Å². The number of carbonyl (C=O) groups is 2. The van der Waals surface area contributed by atoms with Crippen molar-refractivity contribution in [3.63, 3.8) is 0 Å². The first-order valence-electron chi connectivity index (χ1n) is 5.10. The molecule has 1 fully saturated rings. The maximum absolute atomic E-state index is 11.6. The van der Waals surface area contributed by atoms with Crippen LogP contribution < -0.4 is 5.32 Å². The number of amides is 1. The van der Waals surface area contributed by atoms with Gasteiger partial charge in [0, 0.05) is 0 Å². The number of hydrogen-bond donors (Lipinski definition) is 2. The molecule has 1 heterocycles. The molecular weight excluding hydrogens is 198 g/mol. The van der Waals surface area contributed by atoms with Crippen molar-refractivity contribution in [2.24, 2.45) is 5.92 Å². The standard InChI is InChI=1S/C10H17NO4/c1-5-4-6(2)15-8(5)9(12)11-7(3)10(13)14/h5-8H,4H2,1-3H3,(H,11,12)(H,13,14)/t5?,6?,7-,8?/m1/s1. The summed E-state index contributed by atoms with van der Waals surface area (Å²) in [5.74, 6) is -1.23. The van der Waals surface area contributed by atoms with Crippen LogP contribution in [0, 0.1) is 5.92 Å². The summed E-state index contributed by atoms with van der Waals surface area (Å²) in [6, 6.07) is -0.871. The number of aliphatic carboxylic acids is 1. The van der Waals surface area contributed by atoms with Crippen LogP contribution in [0.15, 0.2) is 0 Å². The number of rotatable bonds is 3. The summed E-state index contributed by atoms with van der Waals surface area (Å²) in [5.41, 5.74) is 0. The Morgan fingerprint density at radius 3 is 2.47 bits per heavy atom. The van der Waals surface area contributed by atoms with Crippen LogP contribution >= 0.6 is 0 Å². The predicted octanol–water partition coefficient (Wildman–Crippen LogP) is 0.389. The van der Waals surface area contributed by atoms with Crippen LogP contribution in [0.2, 0.25) is 0 Å². The Morgan fingerprint density at radius 2 is 2.07 bits per heavy atom. The summed E-state index contributed by atoms with van der Waals surface area (Å²) in [6.07, 6.45) is 0.386. The molecule has 0 spiro atoms. The second-order valence-corrected chi connectivity index (χ2v) is 4.15. The molecule has 15 heavy (non-hydrogen) atoms. The van der Waals surface area contributed by atoms with Gasteiger partial charge in [0.15, 0.2) is 0 Å². The number of ether oxygens (including phenoxy) is 1. The first-order chi connectivity index (χ1) is 6.91. The topological polar surface area (TPSA) is 75.6 Å². The average molecular weight is 215 g/mol. The van der Waals surface area contributed by atoms with E-state index in [1.165, 1.54) is 6.92 Å². The molecule has 0 aliphatic carbocycles. The van der Waals surface area contributed by atoms with E-state index in [4.69, 9.17) is 9.84 Å². The van der Waals surface area contributed by atoms with Crippen molar-refractivity contribution < 1.29 is 19.4 Å². The van der Waals surface area contributed by atoms with Crippen LogP contribution in [0.4, 0.5) is 0 Å². The van der Waals surface area contributed by atoms with Gasteiger partial charge in [0.25, 0.3) is 0 Å². The fourth-order valence-electron chi connectivity index (χ4n) is 1.76. The molecule has 5 nitrogen and oxygen atoms in total. The van der Waals surface area contributed by atoms with Crippen LogP contribution in [0.1, 0.15) is 27.2 Å². The minimum absolute atomic E-state index is 0.0656. The van der Waals surface area contributed by atoms with Crippen LogP contribution in [-0.4, -0.2) is 35.2 Å². The number of carbonyl (C=O) groups excluding carboxylic acids is 1. The van der Waals surface area contributed by atoms with Gasteiger partial charge >= 0.3 is 5.97 Å². The molecule has 5 heteroatoms. The number of nitrogens with one attached hydrogen (secondary N) is 1. The molecule has 0 radical (unpaired) electrons. The molecule has 86 valence electrons. The lowest BCUT2D eigenvalue weighted by Gasteiger charge is -2.16. The van der Waals surface area contributed by atoms with E-state index in [9.17, 15) is 9.59 Å². The SMILES string of the molecule is CC1CC(C)C(C(=O)N[C@H](C)C(=O)O)O1. The first-order valence-corrected chi connectivity index (χ1v) is 5.10. The Bertz CT molecular complexity index is 266. The Hall–Kier alpha value is -1.10.